The van der Waals surface area contributed by atoms with Gasteiger partial charge in [0.15, 0.2) is 0 Å². The summed E-state index contributed by atoms with van der Waals surface area (Å²) in [5, 5.41) is 5.89. The lowest BCUT2D eigenvalue weighted by molar-refractivity contribution is -0.121. The van der Waals surface area contributed by atoms with Crippen LogP contribution >= 0.6 is 0 Å². The maximum atomic E-state index is 13.1. The standard InChI is InChI=1S/C13H24F2N2O/c1-2-7-17-12(18)5-8-16-10-11-4-3-6-13(14,15)9-11/h11,16H,2-10H2,1H3,(H,17,18). The number of hydrogen-bond donors (Lipinski definition) is 2. The third-order valence-corrected chi connectivity index (χ3v) is 3.28. The largest absolute Gasteiger partial charge is 0.356 e. The lowest BCUT2D eigenvalue weighted by Gasteiger charge is -2.28. The Morgan fingerprint density at radius 3 is 2.83 bits per heavy atom. The Balaban J connectivity index is 2.05. The first-order chi connectivity index (χ1) is 8.53. The fourth-order valence-corrected chi connectivity index (χ4v) is 2.31. The molecule has 18 heavy (non-hydrogen) atoms. The van der Waals surface area contributed by atoms with Gasteiger partial charge in [-0.15, -0.1) is 0 Å². The highest BCUT2D eigenvalue weighted by Gasteiger charge is 2.35. The quantitative estimate of drug-likeness (QED) is 0.691. The van der Waals surface area contributed by atoms with Gasteiger partial charge in [0, 0.05) is 32.4 Å². The van der Waals surface area contributed by atoms with Crippen LogP contribution in [0.3, 0.4) is 0 Å². The zero-order chi connectivity index (χ0) is 13.4. The molecular formula is C13H24F2N2O. The molecule has 1 aliphatic rings. The third kappa shape index (κ3) is 6.28. The van der Waals surface area contributed by atoms with E-state index in [4.69, 9.17) is 0 Å². The molecular weight excluding hydrogens is 238 g/mol. The van der Waals surface area contributed by atoms with Crippen LogP contribution in [-0.2, 0) is 4.79 Å². The molecule has 1 saturated carbocycles. The van der Waals surface area contributed by atoms with Crippen LogP contribution in [0.25, 0.3) is 0 Å². The van der Waals surface area contributed by atoms with E-state index in [1.165, 1.54) is 0 Å². The summed E-state index contributed by atoms with van der Waals surface area (Å²) >= 11 is 0. The maximum Gasteiger partial charge on any atom is 0.248 e. The number of hydrogen-bond acceptors (Lipinski definition) is 2. The van der Waals surface area contributed by atoms with Crippen molar-refractivity contribution >= 4 is 5.91 Å². The average molecular weight is 262 g/mol. The Morgan fingerprint density at radius 1 is 1.39 bits per heavy atom. The van der Waals surface area contributed by atoms with Gasteiger partial charge in [-0.2, -0.15) is 0 Å². The molecule has 0 aromatic carbocycles. The molecule has 1 amide bonds. The van der Waals surface area contributed by atoms with Crippen LogP contribution in [0.15, 0.2) is 0 Å². The summed E-state index contributed by atoms with van der Waals surface area (Å²) in [5.41, 5.74) is 0. The molecule has 1 fully saturated rings. The van der Waals surface area contributed by atoms with E-state index in [-0.39, 0.29) is 24.7 Å². The van der Waals surface area contributed by atoms with Gasteiger partial charge < -0.3 is 10.6 Å². The van der Waals surface area contributed by atoms with Crippen LogP contribution in [0.1, 0.15) is 45.4 Å². The van der Waals surface area contributed by atoms with Crippen LogP contribution in [0, 0.1) is 5.92 Å². The molecule has 1 atom stereocenters. The van der Waals surface area contributed by atoms with Crippen molar-refractivity contribution in [3.05, 3.63) is 0 Å². The molecule has 0 heterocycles. The zero-order valence-corrected chi connectivity index (χ0v) is 11.1. The van der Waals surface area contributed by atoms with Crippen LogP contribution in [0.4, 0.5) is 8.78 Å². The second-order valence-electron chi connectivity index (χ2n) is 5.12. The predicted molar refractivity (Wildman–Crippen MR) is 67.7 cm³/mol. The average Bonchev–Trinajstić information content (AvgIpc) is 2.31. The van der Waals surface area contributed by atoms with Crippen LogP contribution in [-0.4, -0.2) is 31.5 Å². The van der Waals surface area contributed by atoms with Crippen molar-refractivity contribution in [1.29, 1.82) is 0 Å². The van der Waals surface area contributed by atoms with Crippen molar-refractivity contribution < 1.29 is 13.6 Å². The molecule has 106 valence electrons. The van der Waals surface area contributed by atoms with Crippen LogP contribution in [0.5, 0.6) is 0 Å². The summed E-state index contributed by atoms with van der Waals surface area (Å²) in [7, 11) is 0. The van der Waals surface area contributed by atoms with Crippen molar-refractivity contribution in [2.45, 2.75) is 51.4 Å². The highest BCUT2D eigenvalue weighted by Crippen LogP contribution is 2.36. The lowest BCUT2D eigenvalue weighted by atomic mass is 9.86. The van der Waals surface area contributed by atoms with E-state index in [2.05, 4.69) is 10.6 Å². The Kier molecular flexibility index (Phi) is 6.54. The van der Waals surface area contributed by atoms with E-state index in [9.17, 15) is 13.6 Å². The van der Waals surface area contributed by atoms with Gasteiger partial charge in [0.05, 0.1) is 0 Å². The van der Waals surface area contributed by atoms with Crippen molar-refractivity contribution in [2.24, 2.45) is 5.92 Å². The lowest BCUT2D eigenvalue weighted by Crippen LogP contribution is -2.34. The van der Waals surface area contributed by atoms with E-state index in [1.54, 1.807) is 0 Å². The van der Waals surface area contributed by atoms with Crippen molar-refractivity contribution in [3.8, 4) is 0 Å². The van der Waals surface area contributed by atoms with Crippen LogP contribution < -0.4 is 10.6 Å². The number of nitrogens with one attached hydrogen (secondary N) is 2. The molecule has 1 rings (SSSR count). The number of amides is 1. The first-order valence-electron chi connectivity index (χ1n) is 6.89. The zero-order valence-electron chi connectivity index (χ0n) is 11.1. The van der Waals surface area contributed by atoms with Gasteiger partial charge in [-0.1, -0.05) is 6.92 Å². The second kappa shape index (κ2) is 7.67. The normalized spacial score (nSPS) is 22.7. The minimum Gasteiger partial charge on any atom is -0.356 e. The molecule has 0 saturated heterocycles. The molecule has 2 N–H and O–H groups in total. The fraction of sp³-hybridized carbons (Fsp3) is 0.923. The molecule has 1 unspecified atom stereocenters. The summed E-state index contributed by atoms with van der Waals surface area (Å²) < 4.78 is 26.3. The molecule has 0 spiro atoms. The Bertz CT molecular complexity index is 259. The summed E-state index contributed by atoms with van der Waals surface area (Å²) in [6.45, 7) is 3.86. The van der Waals surface area contributed by atoms with Crippen molar-refractivity contribution in [3.63, 3.8) is 0 Å². The molecule has 3 nitrogen and oxygen atoms in total. The first kappa shape index (κ1) is 15.3. The number of carbonyl (C=O) groups excluding carboxylic acids is 1. The van der Waals surface area contributed by atoms with Crippen molar-refractivity contribution in [2.75, 3.05) is 19.6 Å². The maximum absolute atomic E-state index is 13.1. The van der Waals surface area contributed by atoms with E-state index < -0.39 is 5.92 Å². The third-order valence-electron chi connectivity index (χ3n) is 3.28. The highest BCUT2D eigenvalue weighted by atomic mass is 19.3. The summed E-state index contributed by atoms with van der Waals surface area (Å²) in [5.74, 6) is -2.41. The number of carbonyl (C=O) groups is 1. The predicted octanol–water partition coefficient (Wildman–Crippen LogP) is 2.32. The van der Waals surface area contributed by atoms with Gasteiger partial charge in [0.1, 0.15) is 0 Å². The van der Waals surface area contributed by atoms with Crippen molar-refractivity contribution in [1.82, 2.24) is 10.6 Å². The van der Waals surface area contributed by atoms with Crippen LogP contribution in [0.2, 0.25) is 0 Å². The summed E-state index contributed by atoms with van der Waals surface area (Å²) in [6.07, 6.45) is 2.84. The van der Waals surface area contributed by atoms with E-state index in [0.717, 1.165) is 12.8 Å². The Hall–Kier alpha value is -0.710. The molecule has 0 radical (unpaired) electrons. The van der Waals surface area contributed by atoms with Gasteiger partial charge in [0.2, 0.25) is 11.8 Å². The molecule has 0 aliphatic heterocycles. The summed E-state index contributed by atoms with van der Waals surface area (Å²) in [4.78, 5) is 11.3. The molecule has 5 heteroatoms. The number of alkyl halides is 2. The van der Waals surface area contributed by atoms with E-state index in [1.807, 2.05) is 6.92 Å². The SMILES string of the molecule is CCCNC(=O)CCNCC1CCCC(F)(F)C1. The monoisotopic (exact) mass is 262 g/mol. The number of halogens is 2. The topological polar surface area (TPSA) is 41.1 Å². The highest BCUT2D eigenvalue weighted by molar-refractivity contribution is 5.75. The van der Waals surface area contributed by atoms with Gasteiger partial charge in [-0.3, -0.25) is 4.79 Å². The van der Waals surface area contributed by atoms with Gasteiger partial charge >= 0.3 is 0 Å². The molecule has 1 aliphatic carbocycles. The van der Waals surface area contributed by atoms with E-state index >= 15 is 0 Å². The minimum absolute atomic E-state index is 0.0119. The molecule has 0 aromatic rings. The molecule has 0 bridgehead atoms. The first-order valence-corrected chi connectivity index (χ1v) is 6.89. The Morgan fingerprint density at radius 2 is 2.17 bits per heavy atom. The Labute approximate surface area is 108 Å². The van der Waals surface area contributed by atoms with E-state index in [0.29, 0.717) is 32.5 Å². The fourth-order valence-electron chi connectivity index (χ4n) is 2.31. The number of rotatable bonds is 7. The van der Waals surface area contributed by atoms with Gasteiger partial charge in [0.25, 0.3) is 0 Å². The summed E-state index contributed by atoms with van der Waals surface area (Å²) in [6, 6.07) is 0. The second-order valence-corrected chi connectivity index (χ2v) is 5.12. The minimum atomic E-state index is -2.48. The smallest absolute Gasteiger partial charge is 0.248 e. The van der Waals surface area contributed by atoms with Gasteiger partial charge in [-0.05, 0) is 31.7 Å². The molecule has 0 aromatic heterocycles. The van der Waals surface area contributed by atoms with Gasteiger partial charge in [-0.25, -0.2) is 8.78 Å².